The van der Waals surface area contributed by atoms with Crippen molar-refractivity contribution in [3.63, 3.8) is 0 Å². The van der Waals surface area contributed by atoms with E-state index >= 15 is 0 Å². The van der Waals surface area contributed by atoms with E-state index in [-0.39, 0.29) is 0 Å². The molecule has 2 heteroatoms. The third-order valence-corrected chi connectivity index (χ3v) is 3.35. The Kier molecular flexibility index (Phi) is 5.23. The van der Waals surface area contributed by atoms with Crippen LogP contribution in [0, 0.1) is 0 Å². The number of nitrogens with one attached hydrogen (secondary N) is 1. The van der Waals surface area contributed by atoms with E-state index < -0.39 is 0 Å². The van der Waals surface area contributed by atoms with Gasteiger partial charge in [0.1, 0.15) is 11.9 Å². The van der Waals surface area contributed by atoms with Crippen molar-refractivity contribution in [2.24, 2.45) is 0 Å². The molecule has 1 atom stereocenters. The molecular formula is C15H25N2+. The minimum absolute atomic E-state index is 0.823. The molecular weight excluding hydrogens is 208 g/mol. The molecule has 1 heterocycles. The van der Waals surface area contributed by atoms with Crippen LogP contribution in [-0.4, -0.2) is 17.7 Å². The Hall–Kier alpha value is -1.28. The predicted octanol–water partition coefficient (Wildman–Crippen LogP) is 3.67. The molecule has 0 aromatic carbocycles. The summed E-state index contributed by atoms with van der Waals surface area (Å²) in [7, 11) is 0. The molecule has 17 heavy (non-hydrogen) atoms. The average Bonchev–Trinajstić information content (AvgIpc) is 2.78. The molecule has 1 aliphatic heterocycles. The predicted molar refractivity (Wildman–Crippen MR) is 74.9 cm³/mol. The molecule has 0 aliphatic carbocycles. The van der Waals surface area contributed by atoms with E-state index in [1.54, 1.807) is 6.08 Å². The Bertz CT molecular complexity index is 339. The van der Waals surface area contributed by atoms with Crippen LogP contribution in [0.2, 0.25) is 0 Å². The van der Waals surface area contributed by atoms with E-state index in [0.29, 0.717) is 0 Å². The number of likely N-dealkylation sites (N-methyl/N-ethyl adjacent to an activating group) is 1. The van der Waals surface area contributed by atoms with Crippen molar-refractivity contribution < 1.29 is 4.48 Å². The highest BCUT2D eigenvalue weighted by molar-refractivity contribution is 5.16. The van der Waals surface area contributed by atoms with Crippen molar-refractivity contribution in [2.75, 3.05) is 13.2 Å². The first-order chi connectivity index (χ1) is 8.18. The highest BCUT2D eigenvalue weighted by atomic mass is 15.4. The van der Waals surface area contributed by atoms with Crippen molar-refractivity contribution in [3.05, 3.63) is 49.0 Å². The van der Waals surface area contributed by atoms with Gasteiger partial charge in [0.05, 0.1) is 12.2 Å². The van der Waals surface area contributed by atoms with Gasteiger partial charge < -0.3 is 5.32 Å². The van der Waals surface area contributed by atoms with Gasteiger partial charge in [-0.2, -0.15) is 0 Å². The third-order valence-electron chi connectivity index (χ3n) is 3.35. The number of quaternary nitrogens is 1. The summed E-state index contributed by atoms with van der Waals surface area (Å²) in [6.45, 7) is 14.3. The maximum Gasteiger partial charge on any atom is 0.161 e. The van der Waals surface area contributed by atoms with Crippen LogP contribution in [0.5, 0.6) is 0 Å². The summed E-state index contributed by atoms with van der Waals surface area (Å²) in [6, 6.07) is 0. The van der Waals surface area contributed by atoms with E-state index in [1.165, 1.54) is 18.5 Å². The van der Waals surface area contributed by atoms with Gasteiger partial charge in [-0.1, -0.05) is 32.1 Å². The monoisotopic (exact) mass is 233 g/mol. The lowest BCUT2D eigenvalue weighted by molar-refractivity contribution is -0.832. The van der Waals surface area contributed by atoms with Crippen molar-refractivity contribution in [2.45, 2.75) is 33.1 Å². The van der Waals surface area contributed by atoms with Gasteiger partial charge in [-0.15, -0.1) is 0 Å². The Morgan fingerprint density at radius 2 is 2.29 bits per heavy atom. The molecule has 0 amide bonds. The maximum absolute atomic E-state index is 4.19. The zero-order chi connectivity index (χ0) is 12.7. The van der Waals surface area contributed by atoms with Crippen LogP contribution >= 0.6 is 0 Å². The first kappa shape index (κ1) is 13.8. The van der Waals surface area contributed by atoms with Gasteiger partial charge in [-0.25, -0.2) is 4.48 Å². The third kappa shape index (κ3) is 3.34. The average molecular weight is 233 g/mol. The second-order valence-electron chi connectivity index (χ2n) is 4.53. The van der Waals surface area contributed by atoms with Crippen molar-refractivity contribution in [1.29, 1.82) is 0 Å². The molecule has 0 radical (unpaired) electrons. The number of unbranched alkanes of at least 4 members (excludes halogenated alkanes) is 1. The van der Waals surface area contributed by atoms with Crippen molar-refractivity contribution in [3.8, 4) is 0 Å². The van der Waals surface area contributed by atoms with Crippen LogP contribution in [0.15, 0.2) is 49.0 Å². The number of hydrogen-bond acceptors (Lipinski definition) is 1. The Balaban J connectivity index is 2.77. The van der Waals surface area contributed by atoms with Gasteiger partial charge in [0.15, 0.2) is 6.67 Å². The van der Waals surface area contributed by atoms with Crippen LogP contribution in [-0.2, 0) is 0 Å². The highest BCUT2D eigenvalue weighted by Crippen LogP contribution is 2.25. The fourth-order valence-corrected chi connectivity index (χ4v) is 2.07. The largest absolute Gasteiger partial charge is 0.337 e. The zero-order valence-corrected chi connectivity index (χ0v) is 11.2. The molecule has 1 N–H and O–H groups in total. The van der Waals surface area contributed by atoms with Gasteiger partial charge in [-0.05, 0) is 32.4 Å². The summed E-state index contributed by atoms with van der Waals surface area (Å²) >= 11 is 0. The SMILES string of the molecule is C=CC=CC(=C)[N+]1(CC)C=C(CCCC)NC1. The minimum Gasteiger partial charge on any atom is -0.337 e. The summed E-state index contributed by atoms with van der Waals surface area (Å²) in [6.07, 6.45) is 11.8. The molecule has 1 rings (SSSR count). The summed E-state index contributed by atoms with van der Waals surface area (Å²) in [5, 5.41) is 3.50. The topological polar surface area (TPSA) is 12.0 Å². The first-order valence-corrected chi connectivity index (χ1v) is 6.49. The molecule has 94 valence electrons. The number of allylic oxidation sites excluding steroid dienone is 4. The quantitative estimate of drug-likeness (QED) is 0.522. The molecule has 0 fully saturated rings. The fourth-order valence-electron chi connectivity index (χ4n) is 2.07. The Morgan fingerprint density at radius 1 is 1.53 bits per heavy atom. The smallest absolute Gasteiger partial charge is 0.161 e. The Labute approximate surface area is 106 Å². The van der Waals surface area contributed by atoms with Gasteiger partial charge >= 0.3 is 0 Å². The van der Waals surface area contributed by atoms with Gasteiger partial charge in [0.25, 0.3) is 0 Å². The highest BCUT2D eigenvalue weighted by Gasteiger charge is 2.31. The molecule has 0 saturated carbocycles. The normalized spacial score (nSPS) is 23.5. The zero-order valence-electron chi connectivity index (χ0n) is 11.2. The van der Waals surface area contributed by atoms with Gasteiger partial charge in [0.2, 0.25) is 0 Å². The fraction of sp³-hybridized carbons (Fsp3) is 0.467. The van der Waals surface area contributed by atoms with Gasteiger partial charge in [0, 0.05) is 0 Å². The summed E-state index contributed by atoms with van der Waals surface area (Å²) in [4.78, 5) is 0. The standard InChI is InChI=1S/C15H25N2/c1-5-8-10-14(4)17(7-3)12-15(16-13-17)11-9-6-2/h5,8,10,12,16H,1,4,6-7,9,11,13H2,2-3H3/q+1. The number of nitrogens with zero attached hydrogens (tertiary/aromatic N) is 1. The molecule has 1 aliphatic rings. The van der Waals surface area contributed by atoms with Crippen LogP contribution in [0.25, 0.3) is 0 Å². The Morgan fingerprint density at radius 3 is 2.88 bits per heavy atom. The van der Waals surface area contributed by atoms with Crippen LogP contribution in [0.3, 0.4) is 0 Å². The molecule has 0 spiro atoms. The van der Waals surface area contributed by atoms with Gasteiger partial charge in [-0.3, -0.25) is 0 Å². The van der Waals surface area contributed by atoms with E-state index in [0.717, 1.165) is 29.8 Å². The van der Waals surface area contributed by atoms with Crippen molar-refractivity contribution in [1.82, 2.24) is 5.32 Å². The van der Waals surface area contributed by atoms with Crippen LogP contribution in [0.4, 0.5) is 0 Å². The molecule has 1 unspecified atom stereocenters. The number of rotatable bonds is 7. The summed E-state index contributed by atoms with van der Waals surface area (Å²) in [5.41, 5.74) is 2.48. The van der Waals surface area contributed by atoms with Crippen molar-refractivity contribution >= 4 is 0 Å². The lowest BCUT2D eigenvalue weighted by atomic mass is 10.2. The maximum atomic E-state index is 4.19. The van der Waals surface area contributed by atoms with E-state index in [1.807, 2.05) is 6.08 Å². The molecule has 0 saturated heterocycles. The summed E-state index contributed by atoms with van der Waals surface area (Å²) in [5.74, 6) is 0. The number of hydrogen-bond donors (Lipinski definition) is 1. The summed E-state index contributed by atoms with van der Waals surface area (Å²) < 4.78 is 0.823. The molecule has 2 nitrogen and oxygen atoms in total. The van der Waals surface area contributed by atoms with Crippen LogP contribution in [0.1, 0.15) is 33.1 Å². The first-order valence-electron chi connectivity index (χ1n) is 6.49. The second-order valence-corrected chi connectivity index (χ2v) is 4.53. The van der Waals surface area contributed by atoms with E-state index in [4.69, 9.17) is 0 Å². The molecule has 0 bridgehead atoms. The molecule has 0 aromatic heterocycles. The van der Waals surface area contributed by atoms with E-state index in [2.05, 4.69) is 44.6 Å². The van der Waals surface area contributed by atoms with Crippen LogP contribution < -0.4 is 5.32 Å². The molecule has 0 aromatic rings. The second kappa shape index (κ2) is 6.45. The lowest BCUT2D eigenvalue weighted by Crippen LogP contribution is -2.41. The minimum atomic E-state index is 0.823. The van der Waals surface area contributed by atoms with E-state index in [9.17, 15) is 0 Å². The lowest BCUT2D eigenvalue weighted by Gasteiger charge is -2.29.